The monoisotopic (exact) mass is 247 g/mol. The largest absolute Gasteiger partial charge is 0.271 e. The summed E-state index contributed by atoms with van der Waals surface area (Å²) in [4.78, 5) is 0. The van der Waals surface area contributed by atoms with Crippen molar-refractivity contribution in [2.24, 2.45) is 0 Å². The average Bonchev–Trinajstić information content (AvgIpc) is 2.52. The summed E-state index contributed by atoms with van der Waals surface area (Å²) in [6, 6.07) is 5.10. The van der Waals surface area contributed by atoms with E-state index >= 15 is 0 Å². The highest BCUT2D eigenvalue weighted by Gasteiger charge is 2.07. The molecule has 0 unspecified atom stereocenters. The lowest BCUT2D eigenvalue weighted by molar-refractivity contribution is 1.06. The minimum atomic E-state index is 0.259. The van der Waals surface area contributed by atoms with E-state index in [1.165, 1.54) is 6.33 Å². The van der Waals surface area contributed by atoms with Gasteiger partial charge in [0.25, 0.3) is 0 Å². The summed E-state index contributed by atoms with van der Waals surface area (Å²) < 4.78 is 1.57. The molecule has 3 nitrogen and oxygen atoms in total. The summed E-state index contributed by atoms with van der Waals surface area (Å²) in [5.41, 5.74) is 0.700. The van der Waals surface area contributed by atoms with E-state index in [1.54, 1.807) is 22.8 Å². The molecule has 0 spiro atoms. The van der Waals surface area contributed by atoms with E-state index in [9.17, 15) is 0 Å². The Morgan fingerprint density at radius 1 is 1.14 bits per heavy atom. The van der Waals surface area contributed by atoms with Gasteiger partial charge < -0.3 is 0 Å². The predicted octanol–water partition coefficient (Wildman–Crippen LogP) is 3.23. The minimum absolute atomic E-state index is 0.259. The van der Waals surface area contributed by atoms with Crippen molar-refractivity contribution in [3.05, 3.63) is 39.9 Å². The summed E-state index contributed by atoms with van der Waals surface area (Å²) in [5, 5.41) is 8.62. The number of halogens is 3. The highest BCUT2D eigenvalue weighted by molar-refractivity contribution is 6.36. The van der Waals surface area contributed by atoms with Crippen LogP contribution in [0.1, 0.15) is 0 Å². The standard InChI is InChI=1S/C8H4Cl3N3/c9-5-1-2-7(6(10)3-5)14-4-12-13-8(14)11/h1-4H. The van der Waals surface area contributed by atoms with Crippen LogP contribution in [0.25, 0.3) is 5.69 Å². The zero-order valence-electron chi connectivity index (χ0n) is 6.78. The summed E-state index contributed by atoms with van der Waals surface area (Å²) in [6.07, 6.45) is 1.48. The van der Waals surface area contributed by atoms with Gasteiger partial charge in [0.15, 0.2) is 0 Å². The van der Waals surface area contributed by atoms with Crippen LogP contribution in [0.5, 0.6) is 0 Å². The van der Waals surface area contributed by atoms with Crippen LogP contribution in [0, 0.1) is 0 Å². The number of nitrogens with zero attached hydrogens (tertiary/aromatic N) is 3. The Bertz CT molecular complexity index is 467. The van der Waals surface area contributed by atoms with Crippen LogP contribution in [-0.2, 0) is 0 Å². The normalized spacial score (nSPS) is 10.5. The Morgan fingerprint density at radius 2 is 1.93 bits per heavy atom. The van der Waals surface area contributed by atoms with Crippen molar-refractivity contribution in [2.45, 2.75) is 0 Å². The summed E-state index contributed by atoms with van der Waals surface area (Å²) >= 11 is 17.5. The molecular weight excluding hydrogens is 244 g/mol. The fourth-order valence-corrected chi connectivity index (χ4v) is 1.74. The Labute approximate surface area is 95.2 Å². The third-order valence-corrected chi connectivity index (χ3v) is 2.47. The van der Waals surface area contributed by atoms with Crippen LogP contribution >= 0.6 is 34.8 Å². The van der Waals surface area contributed by atoms with Crippen molar-refractivity contribution < 1.29 is 0 Å². The molecule has 72 valence electrons. The van der Waals surface area contributed by atoms with Gasteiger partial charge in [-0.05, 0) is 29.8 Å². The van der Waals surface area contributed by atoms with Crippen molar-refractivity contribution in [1.82, 2.24) is 14.8 Å². The minimum Gasteiger partial charge on any atom is -0.271 e. The SMILES string of the molecule is Clc1ccc(-n2cnnc2Cl)c(Cl)c1. The Balaban J connectivity index is 2.58. The first-order valence-corrected chi connectivity index (χ1v) is 4.83. The maximum Gasteiger partial charge on any atom is 0.229 e. The third-order valence-electron chi connectivity index (χ3n) is 1.68. The highest BCUT2D eigenvalue weighted by atomic mass is 35.5. The number of aromatic nitrogens is 3. The molecule has 0 aliphatic heterocycles. The van der Waals surface area contributed by atoms with E-state index in [1.807, 2.05) is 0 Å². The predicted molar refractivity (Wildman–Crippen MR) is 56.4 cm³/mol. The third kappa shape index (κ3) is 1.71. The molecule has 2 aromatic rings. The second kappa shape index (κ2) is 3.77. The van der Waals surface area contributed by atoms with Crippen molar-refractivity contribution >= 4 is 34.8 Å². The molecule has 14 heavy (non-hydrogen) atoms. The summed E-state index contributed by atoms with van der Waals surface area (Å²) in [7, 11) is 0. The molecule has 1 aromatic carbocycles. The quantitative estimate of drug-likeness (QED) is 0.776. The van der Waals surface area contributed by atoms with E-state index < -0.39 is 0 Å². The Hall–Kier alpha value is -0.770. The lowest BCUT2D eigenvalue weighted by Gasteiger charge is -2.04. The molecule has 0 saturated carbocycles. The van der Waals surface area contributed by atoms with E-state index in [2.05, 4.69) is 10.2 Å². The fourth-order valence-electron chi connectivity index (χ4n) is 1.06. The lowest BCUT2D eigenvalue weighted by Crippen LogP contribution is -1.93. The molecular formula is C8H4Cl3N3. The van der Waals surface area contributed by atoms with Gasteiger partial charge in [-0.3, -0.25) is 4.57 Å². The van der Waals surface area contributed by atoms with Crippen molar-refractivity contribution in [3.8, 4) is 5.69 Å². The van der Waals surface area contributed by atoms with Gasteiger partial charge in [-0.2, -0.15) is 0 Å². The van der Waals surface area contributed by atoms with Crippen LogP contribution in [0.4, 0.5) is 0 Å². The fraction of sp³-hybridized carbons (Fsp3) is 0. The van der Waals surface area contributed by atoms with E-state index in [4.69, 9.17) is 34.8 Å². The highest BCUT2D eigenvalue weighted by Crippen LogP contribution is 2.25. The lowest BCUT2D eigenvalue weighted by atomic mass is 10.3. The molecule has 0 amide bonds. The molecule has 2 rings (SSSR count). The maximum atomic E-state index is 5.97. The van der Waals surface area contributed by atoms with Gasteiger partial charge in [-0.1, -0.05) is 23.2 Å². The second-order valence-electron chi connectivity index (χ2n) is 2.57. The Morgan fingerprint density at radius 3 is 2.50 bits per heavy atom. The van der Waals surface area contributed by atoms with Crippen LogP contribution in [0.2, 0.25) is 15.3 Å². The summed E-state index contributed by atoms with van der Waals surface area (Å²) in [6.45, 7) is 0. The van der Waals surface area contributed by atoms with Crippen LogP contribution < -0.4 is 0 Å². The molecule has 6 heteroatoms. The maximum absolute atomic E-state index is 5.97. The molecule has 0 atom stereocenters. The Kier molecular flexibility index (Phi) is 2.63. The summed E-state index contributed by atoms with van der Waals surface area (Å²) in [5.74, 6) is 0. The zero-order chi connectivity index (χ0) is 10.1. The topological polar surface area (TPSA) is 30.7 Å². The second-order valence-corrected chi connectivity index (χ2v) is 3.75. The van der Waals surface area contributed by atoms with Gasteiger partial charge in [0, 0.05) is 5.02 Å². The molecule has 0 bridgehead atoms. The van der Waals surface area contributed by atoms with Gasteiger partial charge in [0.2, 0.25) is 5.28 Å². The first kappa shape index (κ1) is 9.77. The first-order valence-electron chi connectivity index (χ1n) is 3.69. The molecule has 0 aliphatic carbocycles. The van der Waals surface area contributed by atoms with E-state index in [-0.39, 0.29) is 5.28 Å². The van der Waals surface area contributed by atoms with Crippen molar-refractivity contribution in [1.29, 1.82) is 0 Å². The van der Waals surface area contributed by atoms with Gasteiger partial charge in [-0.15, -0.1) is 10.2 Å². The molecule has 0 saturated heterocycles. The van der Waals surface area contributed by atoms with Crippen LogP contribution in [-0.4, -0.2) is 14.8 Å². The molecule has 0 aliphatic rings. The van der Waals surface area contributed by atoms with Gasteiger partial charge in [0.1, 0.15) is 6.33 Å². The number of rotatable bonds is 1. The van der Waals surface area contributed by atoms with Gasteiger partial charge >= 0.3 is 0 Å². The number of benzene rings is 1. The molecule has 1 aromatic heterocycles. The molecule has 0 N–H and O–H groups in total. The van der Waals surface area contributed by atoms with Gasteiger partial charge in [0.05, 0.1) is 10.7 Å². The van der Waals surface area contributed by atoms with Crippen LogP contribution in [0.15, 0.2) is 24.5 Å². The zero-order valence-corrected chi connectivity index (χ0v) is 9.05. The van der Waals surface area contributed by atoms with Crippen LogP contribution in [0.3, 0.4) is 0 Å². The van der Waals surface area contributed by atoms with E-state index in [0.29, 0.717) is 15.7 Å². The van der Waals surface area contributed by atoms with Crippen molar-refractivity contribution in [3.63, 3.8) is 0 Å². The van der Waals surface area contributed by atoms with Crippen molar-refractivity contribution in [2.75, 3.05) is 0 Å². The average molecular weight is 248 g/mol. The molecule has 0 radical (unpaired) electrons. The number of hydrogen-bond acceptors (Lipinski definition) is 2. The molecule has 0 fully saturated rings. The first-order chi connectivity index (χ1) is 6.68. The van der Waals surface area contributed by atoms with Gasteiger partial charge in [-0.25, -0.2) is 0 Å². The van der Waals surface area contributed by atoms with E-state index in [0.717, 1.165) is 0 Å². The number of hydrogen-bond donors (Lipinski definition) is 0. The smallest absolute Gasteiger partial charge is 0.229 e. The molecule has 1 heterocycles.